The van der Waals surface area contributed by atoms with Crippen molar-refractivity contribution < 1.29 is 17.6 Å². The summed E-state index contributed by atoms with van der Waals surface area (Å²) in [6.45, 7) is 2.46. The van der Waals surface area contributed by atoms with Crippen molar-refractivity contribution >= 4 is 49.8 Å². The molecule has 4 rings (SSSR count). The minimum atomic E-state index is -3.91. The fourth-order valence-electron chi connectivity index (χ4n) is 3.27. The third-order valence-corrected chi connectivity index (χ3v) is 7.76. The van der Waals surface area contributed by atoms with Gasteiger partial charge in [-0.3, -0.25) is 14.8 Å². The average Bonchev–Trinajstić information content (AvgIpc) is 3.12. The number of rotatable bonds is 4. The van der Waals surface area contributed by atoms with Crippen LogP contribution in [0, 0.1) is 12.7 Å². The van der Waals surface area contributed by atoms with Crippen molar-refractivity contribution in [2.24, 2.45) is 5.14 Å². The minimum Gasteiger partial charge on any atom is -0.294 e. The third kappa shape index (κ3) is 4.26. The number of aryl methyl sites for hydroxylation is 1. The molecule has 12 heteroatoms. The largest absolute Gasteiger partial charge is 0.330 e. The lowest BCUT2D eigenvalue weighted by Crippen LogP contribution is -2.49. The number of anilines is 2. The first-order valence-corrected chi connectivity index (χ1v) is 11.9. The Morgan fingerprint density at radius 1 is 1.19 bits per heavy atom. The van der Waals surface area contributed by atoms with E-state index in [1.54, 1.807) is 36.1 Å². The number of carbonyl (C=O) groups excluding carboxylic acids is 1. The van der Waals surface area contributed by atoms with Gasteiger partial charge in [-0.2, -0.15) is 0 Å². The first-order valence-electron chi connectivity index (χ1n) is 9.16. The number of nitrogens with zero attached hydrogens (tertiary/aromatic N) is 4. The molecule has 8 nitrogen and oxygen atoms in total. The van der Waals surface area contributed by atoms with Gasteiger partial charge >= 0.3 is 6.03 Å². The molecule has 2 N–H and O–H groups in total. The third-order valence-electron chi connectivity index (χ3n) is 4.74. The van der Waals surface area contributed by atoms with E-state index in [0.29, 0.717) is 30.9 Å². The Bertz CT molecular complexity index is 1260. The van der Waals surface area contributed by atoms with Gasteiger partial charge < -0.3 is 0 Å². The minimum absolute atomic E-state index is 0.0199. The van der Waals surface area contributed by atoms with Crippen molar-refractivity contribution in [3.8, 4) is 11.3 Å². The van der Waals surface area contributed by atoms with Crippen molar-refractivity contribution in [2.45, 2.75) is 17.6 Å². The van der Waals surface area contributed by atoms with E-state index >= 15 is 0 Å². The Kier molecular flexibility index (Phi) is 5.69. The molecule has 0 saturated carbocycles. The summed E-state index contributed by atoms with van der Waals surface area (Å²) < 4.78 is 36.7. The molecule has 0 aliphatic carbocycles. The highest BCUT2D eigenvalue weighted by molar-refractivity contribution is 7.91. The van der Waals surface area contributed by atoms with Gasteiger partial charge in [-0.25, -0.2) is 27.7 Å². The lowest BCUT2D eigenvalue weighted by molar-refractivity contribution is 0.248. The van der Waals surface area contributed by atoms with Crippen LogP contribution >= 0.6 is 22.9 Å². The normalized spacial score (nSPS) is 14.9. The maximum absolute atomic E-state index is 13.3. The number of aromatic nitrogens is 2. The zero-order chi connectivity index (χ0) is 22.3. The predicted octanol–water partition coefficient (Wildman–Crippen LogP) is 3.79. The summed E-state index contributed by atoms with van der Waals surface area (Å²) in [6.07, 6.45) is 1.73. The summed E-state index contributed by atoms with van der Waals surface area (Å²) in [5.74, 6) is -0.593. The number of amides is 2. The van der Waals surface area contributed by atoms with Gasteiger partial charge in [-0.1, -0.05) is 35.1 Å². The van der Waals surface area contributed by atoms with E-state index in [4.69, 9.17) is 16.7 Å². The molecule has 1 fully saturated rings. The molecule has 0 radical (unpaired) electrons. The Labute approximate surface area is 187 Å². The lowest BCUT2D eigenvalue weighted by atomic mass is 10.1. The van der Waals surface area contributed by atoms with Crippen molar-refractivity contribution in [2.75, 3.05) is 22.9 Å². The summed E-state index contributed by atoms with van der Waals surface area (Å²) in [7, 11) is -3.91. The van der Waals surface area contributed by atoms with Gasteiger partial charge in [-0.05, 0) is 31.5 Å². The van der Waals surface area contributed by atoms with Crippen LogP contribution in [0.3, 0.4) is 0 Å². The van der Waals surface area contributed by atoms with Gasteiger partial charge in [0.15, 0.2) is 15.2 Å². The quantitative estimate of drug-likeness (QED) is 0.609. The summed E-state index contributed by atoms with van der Waals surface area (Å²) in [4.78, 5) is 24.4. The fraction of sp³-hybridized carbons (Fsp3) is 0.211. The number of nitrogens with two attached hydrogens (primary N) is 1. The first kappa shape index (κ1) is 21.6. The van der Waals surface area contributed by atoms with E-state index in [-0.39, 0.29) is 26.1 Å². The van der Waals surface area contributed by atoms with Crippen molar-refractivity contribution in [1.82, 2.24) is 9.97 Å². The molecule has 0 bridgehead atoms. The number of hydrogen-bond donors (Lipinski definition) is 1. The molecule has 31 heavy (non-hydrogen) atoms. The molecular formula is C19H17ClFN5O3S2. The zero-order valence-corrected chi connectivity index (χ0v) is 18.6. The van der Waals surface area contributed by atoms with Crippen LogP contribution in [0.5, 0.6) is 0 Å². The molecule has 3 heterocycles. The van der Waals surface area contributed by atoms with Crippen LogP contribution in [0.4, 0.5) is 20.0 Å². The van der Waals surface area contributed by atoms with Gasteiger partial charge in [0, 0.05) is 24.3 Å². The van der Waals surface area contributed by atoms with Gasteiger partial charge in [0.05, 0.1) is 22.6 Å². The standard InChI is InChI=1S/C19H17ClFN5O3S2/c1-11-17(31(22,28)29)30-18(24-11)26-8-2-7-25(19(26)27)13-5-3-12(4-6-13)16-9-14(20)15(21)10-23-16/h3-6,9-10H,2,7-8H2,1H3,(H2,22,28,29). The molecule has 1 aliphatic heterocycles. The van der Waals surface area contributed by atoms with Gasteiger partial charge in [0.2, 0.25) is 10.0 Å². The Hall–Kier alpha value is -2.60. The number of urea groups is 1. The fourth-order valence-corrected chi connectivity index (χ4v) is 5.39. The van der Waals surface area contributed by atoms with Crippen LogP contribution < -0.4 is 14.9 Å². The van der Waals surface area contributed by atoms with Gasteiger partial charge in [0.25, 0.3) is 0 Å². The monoisotopic (exact) mass is 481 g/mol. The molecule has 2 amide bonds. The van der Waals surface area contributed by atoms with Crippen LogP contribution in [0.2, 0.25) is 5.02 Å². The van der Waals surface area contributed by atoms with Crippen molar-refractivity contribution in [3.63, 3.8) is 0 Å². The van der Waals surface area contributed by atoms with Crippen molar-refractivity contribution in [1.29, 1.82) is 0 Å². The van der Waals surface area contributed by atoms with Crippen LogP contribution in [0.25, 0.3) is 11.3 Å². The SMILES string of the molecule is Cc1nc(N2CCCN(c3ccc(-c4cc(Cl)c(F)cn4)cc3)C2=O)sc1S(N)(=O)=O. The molecule has 0 spiro atoms. The van der Waals surface area contributed by atoms with E-state index in [0.717, 1.165) is 23.1 Å². The molecule has 1 saturated heterocycles. The Morgan fingerprint density at radius 3 is 2.48 bits per heavy atom. The molecule has 1 aliphatic rings. The number of thiazole rings is 1. The highest BCUT2D eigenvalue weighted by atomic mass is 35.5. The summed E-state index contributed by atoms with van der Waals surface area (Å²) in [5.41, 5.74) is 2.16. The summed E-state index contributed by atoms with van der Waals surface area (Å²) >= 11 is 6.71. The smallest absolute Gasteiger partial charge is 0.294 e. The highest BCUT2D eigenvalue weighted by Crippen LogP contribution is 2.32. The molecule has 3 aromatic rings. The van der Waals surface area contributed by atoms with Gasteiger partial charge in [0.1, 0.15) is 0 Å². The number of hydrogen-bond acceptors (Lipinski definition) is 6. The average molecular weight is 482 g/mol. The number of benzene rings is 1. The van der Waals surface area contributed by atoms with E-state index in [9.17, 15) is 17.6 Å². The summed E-state index contributed by atoms with van der Waals surface area (Å²) in [6, 6.07) is 8.19. The van der Waals surface area contributed by atoms with E-state index < -0.39 is 15.8 Å². The second-order valence-electron chi connectivity index (χ2n) is 6.88. The number of pyridine rings is 1. The second-order valence-corrected chi connectivity index (χ2v) is 10.0. The van der Waals surface area contributed by atoms with E-state index in [2.05, 4.69) is 9.97 Å². The molecule has 1 aromatic carbocycles. The van der Waals surface area contributed by atoms with Gasteiger partial charge in [-0.15, -0.1) is 0 Å². The molecule has 162 valence electrons. The Balaban J connectivity index is 1.59. The highest BCUT2D eigenvalue weighted by Gasteiger charge is 2.31. The maximum atomic E-state index is 13.3. The van der Waals surface area contributed by atoms with Crippen LogP contribution in [-0.2, 0) is 10.0 Å². The topological polar surface area (TPSA) is 109 Å². The number of sulfonamides is 1. The Morgan fingerprint density at radius 2 is 1.87 bits per heavy atom. The predicted molar refractivity (Wildman–Crippen MR) is 118 cm³/mol. The number of primary sulfonamides is 1. The lowest BCUT2D eigenvalue weighted by Gasteiger charge is -2.34. The van der Waals surface area contributed by atoms with Crippen molar-refractivity contribution in [3.05, 3.63) is 53.1 Å². The zero-order valence-electron chi connectivity index (χ0n) is 16.2. The summed E-state index contributed by atoms with van der Waals surface area (Å²) in [5, 5.41) is 5.50. The molecule has 0 atom stereocenters. The first-order chi connectivity index (χ1) is 14.6. The molecular weight excluding hydrogens is 465 g/mol. The van der Waals surface area contributed by atoms with Crippen LogP contribution in [-0.4, -0.2) is 37.5 Å². The molecule has 0 unspecified atom stereocenters. The number of carbonyl (C=O) groups is 1. The van der Waals surface area contributed by atoms with Crippen LogP contribution in [0.15, 0.2) is 40.7 Å². The van der Waals surface area contributed by atoms with E-state index in [1.807, 2.05) is 0 Å². The number of halogens is 2. The molecule has 2 aromatic heterocycles. The second kappa shape index (κ2) is 8.15. The van der Waals surface area contributed by atoms with E-state index in [1.165, 1.54) is 11.0 Å². The van der Waals surface area contributed by atoms with Crippen LogP contribution in [0.1, 0.15) is 12.1 Å². The maximum Gasteiger partial charge on any atom is 0.330 e.